The van der Waals surface area contributed by atoms with Crippen LogP contribution in [0, 0.1) is 11.3 Å². The van der Waals surface area contributed by atoms with E-state index in [0.717, 1.165) is 0 Å². The molecule has 1 aliphatic rings. The van der Waals surface area contributed by atoms with Gasteiger partial charge in [-0.05, 0) is 51.0 Å². The number of amides is 3. The first kappa shape index (κ1) is 25.3. The van der Waals surface area contributed by atoms with Gasteiger partial charge in [-0.15, -0.1) is 0 Å². The van der Waals surface area contributed by atoms with E-state index in [9.17, 15) is 19.5 Å². The second-order valence-corrected chi connectivity index (χ2v) is 9.38. The molecule has 0 bridgehead atoms. The van der Waals surface area contributed by atoms with Gasteiger partial charge in [0.05, 0.1) is 11.7 Å². The van der Waals surface area contributed by atoms with Crippen LogP contribution >= 0.6 is 0 Å². The highest BCUT2D eigenvalue weighted by molar-refractivity contribution is 6.03. The molecule has 12 nitrogen and oxygen atoms in total. The number of hydrogen-bond donors (Lipinski definition) is 3. The zero-order valence-electron chi connectivity index (χ0n) is 20.5. The van der Waals surface area contributed by atoms with Gasteiger partial charge >= 0.3 is 6.09 Å². The topological polar surface area (TPSA) is 170 Å². The summed E-state index contributed by atoms with van der Waals surface area (Å²) in [6, 6.07) is 7.49. The van der Waals surface area contributed by atoms with Crippen molar-refractivity contribution in [3.63, 3.8) is 0 Å². The maximum absolute atomic E-state index is 12.9. The summed E-state index contributed by atoms with van der Waals surface area (Å²) in [6.07, 6.45) is 2.53. The normalized spacial score (nSPS) is 15.4. The number of carbonyl (C=O) groups excluding carboxylic acids is 3. The molecule has 1 saturated heterocycles. The molecule has 0 aliphatic carbocycles. The van der Waals surface area contributed by atoms with Gasteiger partial charge in [-0.3, -0.25) is 14.5 Å². The van der Waals surface area contributed by atoms with Gasteiger partial charge < -0.3 is 20.5 Å². The van der Waals surface area contributed by atoms with E-state index in [1.165, 1.54) is 23.4 Å². The second kappa shape index (κ2) is 10.1. The van der Waals surface area contributed by atoms with Gasteiger partial charge in [0.15, 0.2) is 11.4 Å². The Morgan fingerprint density at radius 1 is 1.22 bits per heavy atom. The van der Waals surface area contributed by atoms with Crippen LogP contribution in [0.15, 0.2) is 36.7 Å². The van der Waals surface area contributed by atoms with Crippen LogP contribution in [0.2, 0.25) is 0 Å². The van der Waals surface area contributed by atoms with Crippen LogP contribution < -0.4 is 15.5 Å². The number of aromatic hydroxyl groups is 1. The maximum atomic E-state index is 12.9. The first-order valence-corrected chi connectivity index (χ1v) is 11.5. The Labute approximate surface area is 212 Å². The summed E-state index contributed by atoms with van der Waals surface area (Å²) in [6.45, 7) is 5.67. The van der Waals surface area contributed by atoms with E-state index in [0.29, 0.717) is 35.2 Å². The number of carbonyl (C=O) groups is 3. The molecule has 1 aliphatic heterocycles. The highest BCUT2D eigenvalue weighted by Gasteiger charge is 2.35. The number of hydrogen-bond acceptors (Lipinski definition) is 9. The van der Waals surface area contributed by atoms with Crippen molar-refractivity contribution < 1.29 is 24.2 Å². The van der Waals surface area contributed by atoms with Gasteiger partial charge in [-0.1, -0.05) is 6.07 Å². The zero-order chi connectivity index (χ0) is 26.7. The minimum atomic E-state index is -0.740. The molecule has 1 atom stereocenters. The Morgan fingerprint density at radius 2 is 2.00 bits per heavy atom. The molecule has 190 valence electrons. The highest BCUT2D eigenvalue weighted by atomic mass is 16.6. The Morgan fingerprint density at radius 3 is 2.68 bits per heavy atom. The van der Waals surface area contributed by atoms with Crippen LogP contribution in [0.3, 0.4) is 0 Å². The first-order valence-electron chi connectivity index (χ1n) is 11.5. The highest BCUT2D eigenvalue weighted by Crippen LogP contribution is 2.29. The summed E-state index contributed by atoms with van der Waals surface area (Å²) in [5.41, 5.74) is 0.369. The van der Waals surface area contributed by atoms with Crippen molar-refractivity contribution in [1.29, 1.82) is 5.26 Å². The van der Waals surface area contributed by atoms with E-state index in [-0.39, 0.29) is 29.6 Å². The molecule has 3 N–H and O–H groups in total. The van der Waals surface area contributed by atoms with Crippen LogP contribution in [0.25, 0.3) is 10.9 Å². The Bertz CT molecular complexity index is 1410. The molecule has 4 rings (SSSR count). The monoisotopic (exact) mass is 503 g/mol. The molecule has 1 unspecified atom stereocenters. The Balaban J connectivity index is 1.45. The Kier molecular flexibility index (Phi) is 6.88. The minimum absolute atomic E-state index is 0.128. The largest absolute Gasteiger partial charge is 0.505 e. The van der Waals surface area contributed by atoms with Crippen molar-refractivity contribution >= 4 is 34.6 Å². The number of aromatic nitrogens is 3. The van der Waals surface area contributed by atoms with Crippen molar-refractivity contribution in [2.24, 2.45) is 0 Å². The quantitative estimate of drug-likeness (QED) is 0.472. The third-order valence-corrected chi connectivity index (χ3v) is 5.49. The number of pyridine rings is 3. The number of fused-ring (bicyclic) bond motifs is 1. The van der Waals surface area contributed by atoms with Crippen molar-refractivity contribution in [3.05, 3.63) is 53.6 Å². The van der Waals surface area contributed by atoms with Gasteiger partial charge in [0.2, 0.25) is 0 Å². The van der Waals surface area contributed by atoms with Crippen LogP contribution in [0.1, 0.15) is 48.9 Å². The summed E-state index contributed by atoms with van der Waals surface area (Å²) in [4.78, 5) is 51.4. The summed E-state index contributed by atoms with van der Waals surface area (Å²) in [5, 5.41) is 25.0. The van der Waals surface area contributed by atoms with Gasteiger partial charge in [0.25, 0.3) is 11.8 Å². The van der Waals surface area contributed by atoms with Gasteiger partial charge in [-0.25, -0.2) is 19.7 Å². The van der Waals surface area contributed by atoms with Gasteiger partial charge in [0, 0.05) is 24.7 Å². The summed E-state index contributed by atoms with van der Waals surface area (Å²) >= 11 is 0. The van der Waals surface area contributed by atoms with Gasteiger partial charge in [0.1, 0.15) is 29.2 Å². The lowest BCUT2D eigenvalue weighted by Gasteiger charge is -2.21. The molecule has 0 spiro atoms. The summed E-state index contributed by atoms with van der Waals surface area (Å²) < 4.78 is 5.22. The van der Waals surface area contributed by atoms with Crippen molar-refractivity contribution in [2.45, 2.75) is 45.4 Å². The summed E-state index contributed by atoms with van der Waals surface area (Å²) in [5.74, 6) is -0.941. The first-order chi connectivity index (χ1) is 17.6. The standard InChI is InChI=1S/C25H25N7O5/c1-25(2,3)37-24(36)31-17-8-9-32(23(17)35)19-7-6-16-18(30-19)13-28-20(21(16)33)22(34)29-12-14-4-5-15(10-26)27-11-14/h4-7,11,13,17,33H,8-9,12H2,1-3H3,(H,29,34)(H,31,36). The molecule has 1 fully saturated rings. The molecular formula is C25H25N7O5. The number of nitriles is 1. The average Bonchev–Trinajstić information content (AvgIpc) is 3.21. The predicted molar refractivity (Wildman–Crippen MR) is 131 cm³/mol. The van der Waals surface area contributed by atoms with Crippen molar-refractivity contribution in [1.82, 2.24) is 25.6 Å². The van der Waals surface area contributed by atoms with Crippen molar-refractivity contribution in [2.75, 3.05) is 11.4 Å². The third kappa shape index (κ3) is 5.72. The van der Waals surface area contributed by atoms with Gasteiger partial charge in [-0.2, -0.15) is 5.26 Å². The second-order valence-electron chi connectivity index (χ2n) is 9.38. The number of nitrogens with one attached hydrogen (secondary N) is 2. The number of anilines is 1. The van der Waals surface area contributed by atoms with Crippen molar-refractivity contribution in [3.8, 4) is 11.8 Å². The average molecular weight is 504 g/mol. The molecule has 4 heterocycles. The lowest BCUT2D eigenvalue weighted by atomic mass is 10.2. The fourth-order valence-electron chi connectivity index (χ4n) is 3.75. The maximum Gasteiger partial charge on any atom is 0.408 e. The number of alkyl carbamates (subject to hydrolysis) is 1. The lowest BCUT2D eigenvalue weighted by Crippen LogP contribution is -2.43. The molecular weight excluding hydrogens is 478 g/mol. The van der Waals surface area contributed by atoms with E-state index in [1.54, 1.807) is 39.0 Å². The van der Waals surface area contributed by atoms with Crippen LogP contribution in [0.4, 0.5) is 10.6 Å². The fraction of sp³-hybridized carbons (Fsp3) is 0.320. The third-order valence-electron chi connectivity index (χ3n) is 5.49. The van der Waals surface area contributed by atoms with E-state index in [4.69, 9.17) is 10.00 Å². The van der Waals surface area contributed by atoms with E-state index >= 15 is 0 Å². The zero-order valence-corrected chi connectivity index (χ0v) is 20.5. The van der Waals surface area contributed by atoms with E-state index < -0.39 is 23.6 Å². The number of rotatable bonds is 5. The molecule has 3 amide bonds. The molecule has 0 radical (unpaired) electrons. The molecule has 37 heavy (non-hydrogen) atoms. The molecule has 3 aromatic rings. The number of ether oxygens (including phenoxy) is 1. The van der Waals surface area contributed by atoms with Crippen LogP contribution in [-0.4, -0.2) is 56.2 Å². The molecule has 0 saturated carbocycles. The van der Waals surface area contributed by atoms with Crippen LogP contribution in [-0.2, 0) is 16.1 Å². The molecule has 0 aromatic carbocycles. The smallest absolute Gasteiger partial charge is 0.408 e. The molecule has 3 aromatic heterocycles. The number of nitrogens with zero attached hydrogens (tertiary/aromatic N) is 5. The van der Waals surface area contributed by atoms with E-state index in [1.807, 2.05) is 6.07 Å². The lowest BCUT2D eigenvalue weighted by molar-refractivity contribution is -0.118. The SMILES string of the molecule is CC(C)(C)OC(=O)NC1CCN(c2ccc3c(O)c(C(=O)NCc4ccc(C#N)nc4)ncc3n2)C1=O. The summed E-state index contributed by atoms with van der Waals surface area (Å²) in [7, 11) is 0. The predicted octanol–water partition coefficient (Wildman–Crippen LogP) is 2.16. The van der Waals surface area contributed by atoms with Crippen LogP contribution in [0.5, 0.6) is 5.75 Å². The Hall–Kier alpha value is -4.79. The minimum Gasteiger partial charge on any atom is -0.505 e. The fourth-order valence-corrected chi connectivity index (χ4v) is 3.75. The molecule has 12 heteroatoms. The van der Waals surface area contributed by atoms with E-state index in [2.05, 4.69) is 25.6 Å².